The summed E-state index contributed by atoms with van der Waals surface area (Å²) in [6, 6.07) is 17.8. The molecule has 0 fully saturated rings. The van der Waals surface area contributed by atoms with Crippen LogP contribution in [-0.2, 0) is 24.8 Å². The van der Waals surface area contributed by atoms with Gasteiger partial charge in [0.1, 0.15) is 0 Å². The van der Waals surface area contributed by atoms with Crippen LogP contribution in [0.1, 0.15) is 15.9 Å². The molecule has 0 aromatic heterocycles. The molecular weight excluding hydrogens is 315 g/mol. The van der Waals surface area contributed by atoms with Crippen molar-refractivity contribution in [2.75, 3.05) is 14.2 Å². The van der Waals surface area contributed by atoms with E-state index in [1.54, 1.807) is 30.3 Å². The molecule has 23 heavy (non-hydrogen) atoms. The second kappa shape index (κ2) is 8.06. The van der Waals surface area contributed by atoms with Crippen LogP contribution in [0.25, 0.3) is 0 Å². The summed E-state index contributed by atoms with van der Waals surface area (Å²) in [7, 11) is -1.02. The highest BCUT2D eigenvalue weighted by atomic mass is 31.2. The Labute approximate surface area is 135 Å². The fourth-order valence-corrected chi connectivity index (χ4v) is 3.39. The standard InChI is InChI=1S/C17H19O5P/c1-20-23(19,21-2)16(13-14-9-5-3-6-10-14)22-17(18)15-11-7-4-8-12-15/h3-12,16H,13H2,1-2H3. The predicted octanol–water partition coefficient (Wildman–Crippen LogP) is 3.90. The van der Waals surface area contributed by atoms with Gasteiger partial charge < -0.3 is 13.8 Å². The summed E-state index contributed by atoms with van der Waals surface area (Å²) in [5.41, 5.74) is 1.25. The minimum Gasteiger partial charge on any atom is -0.445 e. The molecule has 0 aliphatic rings. The summed E-state index contributed by atoms with van der Waals surface area (Å²) in [6.07, 6.45) is 0.234. The van der Waals surface area contributed by atoms with E-state index >= 15 is 0 Å². The first-order valence-corrected chi connectivity index (χ1v) is 8.71. The van der Waals surface area contributed by atoms with E-state index in [1.165, 1.54) is 14.2 Å². The number of carbonyl (C=O) groups excluding carboxylic acids is 1. The van der Waals surface area contributed by atoms with Crippen LogP contribution >= 0.6 is 7.60 Å². The number of rotatable bonds is 7. The highest BCUT2D eigenvalue weighted by molar-refractivity contribution is 7.54. The second-order valence-electron chi connectivity index (χ2n) is 4.82. The van der Waals surface area contributed by atoms with Crippen LogP contribution in [0, 0.1) is 0 Å². The van der Waals surface area contributed by atoms with Crippen molar-refractivity contribution in [2.45, 2.75) is 12.3 Å². The SMILES string of the molecule is COP(=O)(OC)C(Cc1ccccc1)OC(=O)c1ccccc1. The van der Waals surface area contributed by atoms with Gasteiger partial charge in [0.05, 0.1) is 5.56 Å². The lowest BCUT2D eigenvalue weighted by Crippen LogP contribution is -2.22. The molecule has 1 atom stereocenters. The molecule has 0 N–H and O–H groups in total. The van der Waals surface area contributed by atoms with Gasteiger partial charge in [-0.25, -0.2) is 4.79 Å². The second-order valence-corrected chi connectivity index (χ2v) is 7.21. The Balaban J connectivity index is 2.23. The van der Waals surface area contributed by atoms with Crippen LogP contribution in [0.5, 0.6) is 0 Å². The molecule has 0 heterocycles. The van der Waals surface area contributed by atoms with Gasteiger partial charge in [0.15, 0.2) is 0 Å². The van der Waals surface area contributed by atoms with Gasteiger partial charge in [-0.15, -0.1) is 0 Å². The Kier molecular flexibility index (Phi) is 6.11. The van der Waals surface area contributed by atoms with Gasteiger partial charge in [0.25, 0.3) is 0 Å². The fraction of sp³-hybridized carbons (Fsp3) is 0.235. The first-order valence-electron chi connectivity index (χ1n) is 7.10. The molecule has 0 aliphatic heterocycles. The zero-order valence-electron chi connectivity index (χ0n) is 13.0. The van der Waals surface area contributed by atoms with Crippen molar-refractivity contribution >= 4 is 13.6 Å². The van der Waals surface area contributed by atoms with Crippen LogP contribution in [0.2, 0.25) is 0 Å². The topological polar surface area (TPSA) is 61.8 Å². The van der Waals surface area contributed by atoms with E-state index in [1.807, 2.05) is 30.3 Å². The molecule has 5 nitrogen and oxygen atoms in total. The van der Waals surface area contributed by atoms with Crippen molar-refractivity contribution in [1.29, 1.82) is 0 Å². The summed E-state index contributed by atoms with van der Waals surface area (Å²) in [5.74, 6) is -1.59. The Morgan fingerprint density at radius 1 is 0.957 bits per heavy atom. The summed E-state index contributed by atoms with van der Waals surface area (Å²) in [4.78, 5) is 12.3. The van der Waals surface area contributed by atoms with Gasteiger partial charge in [0.2, 0.25) is 5.85 Å². The highest BCUT2D eigenvalue weighted by Crippen LogP contribution is 2.53. The van der Waals surface area contributed by atoms with Crippen LogP contribution in [0.15, 0.2) is 60.7 Å². The number of esters is 1. The molecule has 122 valence electrons. The third-order valence-electron chi connectivity index (χ3n) is 3.37. The van der Waals surface area contributed by atoms with Crippen LogP contribution in [0.4, 0.5) is 0 Å². The van der Waals surface area contributed by atoms with E-state index in [2.05, 4.69) is 0 Å². The van der Waals surface area contributed by atoms with Crippen molar-refractivity contribution in [3.05, 3.63) is 71.8 Å². The third-order valence-corrected chi connectivity index (χ3v) is 5.38. The molecular formula is C17H19O5P. The number of hydrogen-bond acceptors (Lipinski definition) is 5. The average Bonchev–Trinajstić information content (AvgIpc) is 2.62. The van der Waals surface area contributed by atoms with E-state index in [9.17, 15) is 9.36 Å². The van der Waals surface area contributed by atoms with Gasteiger partial charge in [0, 0.05) is 20.6 Å². The Bertz CT molecular complexity index is 664. The molecule has 2 rings (SSSR count). The van der Waals surface area contributed by atoms with E-state index < -0.39 is 19.4 Å². The number of carbonyl (C=O) groups is 1. The van der Waals surface area contributed by atoms with Gasteiger partial charge in [-0.2, -0.15) is 0 Å². The zero-order chi connectivity index (χ0) is 16.7. The molecule has 0 aliphatic carbocycles. The predicted molar refractivity (Wildman–Crippen MR) is 87.4 cm³/mol. The molecule has 0 radical (unpaired) electrons. The lowest BCUT2D eigenvalue weighted by Gasteiger charge is -2.24. The minimum absolute atomic E-state index is 0.234. The van der Waals surface area contributed by atoms with Gasteiger partial charge >= 0.3 is 13.6 Å². The lowest BCUT2D eigenvalue weighted by atomic mass is 10.2. The minimum atomic E-state index is -3.57. The summed E-state index contributed by atoms with van der Waals surface area (Å²) in [5, 5.41) is 0. The summed E-state index contributed by atoms with van der Waals surface area (Å²) >= 11 is 0. The normalized spacial score (nSPS) is 12.6. The molecule has 0 amide bonds. The third kappa shape index (κ3) is 4.52. The maximum Gasteiger partial charge on any atom is 0.370 e. The highest BCUT2D eigenvalue weighted by Gasteiger charge is 2.37. The largest absolute Gasteiger partial charge is 0.445 e. The maximum absolute atomic E-state index is 12.7. The van der Waals surface area contributed by atoms with Gasteiger partial charge in [-0.1, -0.05) is 48.5 Å². The van der Waals surface area contributed by atoms with Gasteiger partial charge in [-0.05, 0) is 17.7 Å². The van der Waals surface area contributed by atoms with Crippen molar-refractivity contribution in [3.8, 4) is 0 Å². The van der Waals surface area contributed by atoms with E-state index in [0.29, 0.717) is 5.56 Å². The molecule has 0 spiro atoms. The monoisotopic (exact) mass is 334 g/mol. The molecule has 6 heteroatoms. The molecule has 0 bridgehead atoms. The molecule has 0 saturated carbocycles. The molecule has 1 unspecified atom stereocenters. The Morgan fingerprint density at radius 3 is 2.00 bits per heavy atom. The van der Waals surface area contributed by atoms with Crippen molar-refractivity contribution < 1.29 is 23.1 Å². The van der Waals surface area contributed by atoms with Crippen LogP contribution < -0.4 is 0 Å². The van der Waals surface area contributed by atoms with E-state index in [0.717, 1.165) is 5.56 Å². The van der Waals surface area contributed by atoms with Crippen LogP contribution in [-0.4, -0.2) is 26.0 Å². The van der Waals surface area contributed by atoms with Crippen molar-refractivity contribution in [3.63, 3.8) is 0 Å². The first-order chi connectivity index (χ1) is 11.1. The van der Waals surface area contributed by atoms with Crippen molar-refractivity contribution in [1.82, 2.24) is 0 Å². The molecule has 2 aromatic carbocycles. The quantitative estimate of drug-likeness (QED) is 0.568. The fourth-order valence-electron chi connectivity index (χ4n) is 2.11. The smallest absolute Gasteiger partial charge is 0.370 e. The Morgan fingerprint density at radius 2 is 1.48 bits per heavy atom. The molecule has 2 aromatic rings. The summed E-state index contributed by atoms with van der Waals surface area (Å²) < 4.78 is 28.2. The summed E-state index contributed by atoms with van der Waals surface area (Å²) in [6.45, 7) is 0. The Hall–Kier alpha value is -1.94. The first kappa shape index (κ1) is 17.4. The lowest BCUT2D eigenvalue weighted by molar-refractivity contribution is 0.0385. The zero-order valence-corrected chi connectivity index (χ0v) is 13.9. The van der Waals surface area contributed by atoms with E-state index in [4.69, 9.17) is 13.8 Å². The van der Waals surface area contributed by atoms with E-state index in [-0.39, 0.29) is 6.42 Å². The van der Waals surface area contributed by atoms with Crippen LogP contribution in [0.3, 0.4) is 0 Å². The van der Waals surface area contributed by atoms with Crippen molar-refractivity contribution in [2.24, 2.45) is 0 Å². The maximum atomic E-state index is 12.7. The van der Waals surface area contributed by atoms with Gasteiger partial charge in [-0.3, -0.25) is 4.57 Å². The number of ether oxygens (including phenoxy) is 1. The number of benzene rings is 2. The number of hydrogen-bond donors (Lipinski definition) is 0. The molecule has 0 saturated heterocycles. The average molecular weight is 334 g/mol.